The topological polar surface area (TPSA) is 28.2 Å². The summed E-state index contributed by atoms with van der Waals surface area (Å²) in [5.41, 5.74) is 1.02. The monoisotopic (exact) mass is 207 g/mol. The van der Waals surface area contributed by atoms with Gasteiger partial charge in [-0.1, -0.05) is 0 Å². The molecule has 1 aliphatic carbocycles. The lowest BCUT2D eigenvalue weighted by Gasteiger charge is -2.20. The SMILES string of the molecule is CN(C(=S)NC1CC1)c1cccnc1. The summed E-state index contributed by atoms with van der Waals surface area (Å²) < 4.78 is 0. The molecule has 1 fully saturated rings. The highest BCUT2D eigenvalue weighted by Crippen LogP contribution is 2.19. The zero-order valence-corrected chi connectivity index (χ0v) is 8.92. The molecule has 0 radical (unpaired) electrons. The van der Waals surface area contributed by atoms with E-state index >= 15 is 0 Å². The van der Waals surface area contributed by atoms with Gasteiger partial charge < -0.3 is 10.2 Å². The molecule has 1 saturated carbocycles. The normalized spacial score (nSPS) is 14.9. The van der Waals surface area contributed by atoms with Crippen LogP contribution in [0.25, 0.3) is 0 Å². The zero-order valence-electron chi connectivity index (χ0n) is 8.10. The summed E-state index contributed by atoms with van der Waals surface area (Å²) in [5, 5.41) is 4.06. The van der Waals surface area contributed by atoms with Gasteiger partial charge in [-0.2, -0.15) is 0 Å². The second kappa shape index (κ2) is 3.92. The Morgan fingerprint density at radius 2 is 2.43 bits per heavy atom. The molecule has 0 unspecified atom stereocenters. The largest absolute Gasteiger partial charge is 0.360 e. The van der Waals surface area contributed by atoms with Crippen LogP contribution < -0.4 is 10.2 Å². The maximum Gasteiger partial charge on any atom is 0.173 e. The molecule has 1 aromatic heterocycles. The highest BCUT2D eigenvalue weighted by Gasteiger charge is 2.23. The van der Waals surface area contributed by atoms with Gasteiger partial charge in [0.05, 0.1) is 11.9 Å². The zero-order chi connectivity index (χ0) is 9.97. The van der Waals surface area contributed by atoms with Crippen molar-refractivity contribution in [3.8, 4) is 0 Å². The molecule has 0 atom stereocenters. The quantitative estimate of drug-likeness (QED) is 0.745. The van der Waals surface area contributed by atoms with Gasteiger partial charge in [-0.15, -0.1) is 0 Å². The molecule has 0 amide bonds. The maximum atomic E-state index is 5.26. The van der Waals surface area contributed by atoms with Gasteiger partial charge in [0.1, 0.15) is 0 Å². The molecule has 1 heterocycles. The van der Waals surface area contributed by atoms with Crippen molar-refractivity contribution in [1.29, 1.82) is 0 Å². The number of hydrogen-bond donors (Lipinski definition) is 1. The lowest BCUT2D eigenvalue weighted by molar-refractivity contribution is 0.900. The summed E-state index contributed by atoms with van der Waals surface area (Å²) in [7, 11) is 1.95. The first-order valence-electron chi connectivity index (χ1n) is 4.71. The molecular formula is C10H13N3S. The Bertz CT molecular complexity index is 321. The molecule has 1 N–H and O–H groups in total. The van der Waals surface area contributed by atoms with Gasteiger partial charge in [0.25, 0.3) is 0 Å². The Morgan fingerprint density at radius 1 is 1.64 bits per heavy atom. The fourth-order valence-electron chi connectivity index (χ4n) is 1.17. The molecule has 3 nitrogen and oxygen atoms in total. The first kappa shape index (κ1) is 9.40. The molecule has 74 valence electrons. The lowest BCUT2D eigenvalue weighted by atomic mass is 10.4. The van der Waals surface area contributed by atoms with Crippen molar-refractivity contribution in [2.75, 3.05) is 11.9 Å². The minimum absolute atomic E-state index is 0.599. The van der Waals surface area contributed by atoms with Crippen molar-refractivity contribution >= 4 is 23.0 Å². The highest BCUT2D eigenvalue weighted by molar-refractivity contribution is 7.80. The van der Waals surface area contributed by atoms with Crippen LogP contribution in [-0.4, -0.2) is 23.2 Å². The van der Waals surface area contributed by atoms with Crippen LogP contribution in [0.1, 0.15) is 12.8 Å². The van der Waals surface area contributed by atoms with Crippen LogP contribution in [0.2, 0.25) is 0 Å². The number of thiocarbonyl (C=S) groups is 1. The first-order valence-corrected chi connectivity index (χ1v) is 5.12. The minimum atomic E-state index is 0.599. The summed E-state index contributed by atoms with van der Waals surface area (Å²) in [6.45, 7) is 0. The smallest absolute Gasteiger partial charge is 0.173 e. The van der Waals surface area contributed by atoms with E-state index in [1.807, 2.05) is 24.1 Å². The second-order valence-electron chi connectivity index (χ2n) is 3.49. The summed E-state index contributed by atoms with van der Waals surface area (Å²) in [6.07, 6.45) is 6.04. The van der Waals surface area contributed by atoms with Gasteiger partial charge in [-0.05, 0) is 37.2 Å². The van der Waals surface area contributed by atoms with E-state index in [1.54, 1.807) is 12.4 Å². The summed E-state index contributed by atoms with van der Waals surface area (Å²) in [5.74, 6) is 0. The predicted octanol–water partition coefficient (Wildman–Crippen LogP) is 1.55. The Morgan fingerprint density at radius 3 is 3.00 bits per heavy atom. The molecule has 4 heteroatoms. The van der Waals surface area contributed by atoms with Gasteiger partial charge >= 0.3 is 0 Å². The van der Waals surface area contributed by atoms with E-state index in [2.05, 4.69) is 10.3 Å². The summed E-state index contributed by atoms with van der Waals surface area (Å²) in [6, 6.07) is 4.50. The van der Waals surface area contributed by atoms with Crippen molar-refractivity contribution in [1.82, 2.24) is 10.3 Å². The van der Waals surface area contributed by atoms with E-state index in [0.717, 1.165) is 10.8 Å². The lowest BCUT2D eigenvalue weighted by Crippen LogP contribution is -2.38. The van der Waals surface area contributed by atoms with E-state index in [1.165, 1.54) is 12.8 Å². The number of aromatic nitrogens is 1. The van der Waals surface area contributed by atoms with Crippen LogP contribution in [0.3, 0.4) is 0 Å². The molecule has 0 saturated heterocycles. The van der Waals surface area contributed by atoms with Crippen molar-refractivity contribution in [2.24, 2.45) is 0 Å². The van der Waals surface area contributed by atoms with Gasteiger partial charge in [0.15, 0.2) is 5.11 Å². The van der Waals surface area contributed by atoms with E-state index < -0.39 is 0 Å². The Kier molecular flexibility index (Phi) is 2.63. The average molecular weight is 207 g/mol. The highest BCUT2D eigenvalue weighted by atomic mass is 32.1. The molecule has 0 bridgehead atoms. The fourth-order valence-corrected chi connectivity index (χ4v) is 1.44. The summed E-state index contributed by atoms with van der Waals surface area (Å²) in [4.78, 5) is 6.00. The maximum absolute atomic E-state index is 5.26. The third-order valence-electron chi connectivity index (χ3n) is 2.24. The molecule has 2 rings (SSSR count). The third-order valence-corrected chi connectivity index (χ3v) is 2.63. The van der Waals surface area contributed by atoms with Gasteiger partial charge in [0.2, 0.25) is 0 Å². The number of nitrogens with zero attached hydrogens (tertiary/aromatic N) is 2. The van der Waals surface area contributed by atoms with E-state index in [9.17, 15) is 0 Å². The van der Waals surface area contributed by atoms with E-state index in [-0.39, 0.29) is 0 Å². The van der Waals surface area contributed by atoms with Crippen LogP contribution >= 0.6 is 12.2 Å². The van der Waals surface area contributed by atoms with Gasteiger partial charge in [0, 0.05) is 19.3 Å². The average Bonchev–Trinajstić information content (AvgIpc) is 3.02. The Hall–Kier alpha value is -1.16. The van der Waals surface area contributed by atoms with Crippen molar-refractivity contribution < 1.29 is 0 Å². The number of pyridine rings is 1. The number of rotatable bonds is 2. The van der Waals surface area contributed by atoms with Gasteiger partial charge in [-0.25, -0.2) is 0 Å². The Balaban J connectivity index is 1.99. The molecular weight excluding hydrogens is 194 g/mol. The van der Waals surface area contributed by atoms with Crippen molar-refractivity contribution in [2.45, 2.75) is 18.9 Å². The molecule has 14 heavy (non-hydrogen) atoms. The molecule has 0 aromatic carbocycles. The van der Waals surface area contributed by atoms with E-state index in [0.29, 0.717) is 6.04 Å². The van der Waals surface area contributed by atoms with Crippen molar-refractivity contribution in [3.63, 3.8) is 0 Å². The first-order chi connectivity index (χ1) is 6.77. The molecule has 0 aliphatic heterocycles. The number of nitrogens with one attached hydrogen (secondary N) is 1. The second-order valence-corrected chi connectivity index (χ2v) is 3.88. The third kappa shape index (κ3) is 2.20. The van der Waals surface area contributed by atoms with Crippen LogP contribution in [0, 0.1) is 0 Å². The minimum Gasteiger partial charge on any atom is -0.360 e. The number of hydrogen-bond acceptors (Lipinski definition) is 2. The van der Waals surface area contributed by atoms with Crippen LogP contribution in [-0.2, 0) is 0 Å². The van der Waals surface area contributed by atoms with Gasteiger partial charge in [-0.3, -0.25) is 4.98 Å². The van der Waals surface area contributed by atoms with Crippen LogP contribution in [0.15, 0.2) is 24.5 Å². The number of anilines is 1. The predicted molar refractivity (Wildman–Crippen MR) is 61.4 cm³/mol. The van der Waals surface area contributed by atoms with Crippen molar-refractivity contribution in [3.05, 3.63) is 24.5 Å². The standard InChI is InChI=1S/C10H13N3S/c1-13(9-3-2-6-11-7-9)10(14)12-8-4-5-8/h2-3,6-8H,4-5H2,1H3,(H,12,14). The summed E-state index contributed by atoms with van der Waals surface area (Å²) >= 11 is 5.26. The van der Waals surface area contributed by atoms with E-state index in [4.69, 9.17) is 12.2 Å². The Labute approximate surface area is 89.1 Å². The molecule has 0 spiro atoms. The fraction of sp³-hybridized carbons (Fsp3) is 0.400. The molecule has 1 aromatic rings. The molecule has 1 aliphatic rings. The van der Waals surface area contributed by atoms with Crippen LogP contribution in [0.5, 0.6) is 0 Å². The van der Waals surface area contributed by atoms with Crippen LogP contribution in [0.4, 0.5) is 5.69 Å².